The molecule has 2 fully saturated rings. The smallest absolute Gasteiger partial charge is 0.251 e. The number of hydrogen-bond acceptors (Lipinski definition) is 1. The van der Waals surface area contributed by atoms with E-state index in [9.17, 15) is 4.79 Å². The van der Waals surface area contributed by atoms with Crippen LogP contribution in [0.2, 0.25) is 0 Å². The maximum atomic E-state index is 12.2. The summed E-state index contributed by atoms with van der Waals surface area (Å²) in [6, 6.07) is 6.39. The van der Waals surface area contributed by atoms with Gasteiger partial charge in [0, 0.05) is 11.6 Å². The van der Waals surface area contributed by atoms with Crippen LogP contribution >= 0.6 is 0 Å². The Balaban J connectivity index is 1.69. The van der Waals surface area contributed by atoms with Crippen molar-refractivity contribution in [3.05, 3.63) is 34.9 Å². The highest BCUT2D eigenvalue weighted by atomic mass is 16.1. The molecule has 3 atom stereocenters. The number of nitrogens with one attached hydrogen (secondary N) is 1. The van der Waals surface area contributed by atoms with E-state index in [0.29, 0.717) is 6.04 Å². The Morgan fingerprint density at radius 3 is 2.61 bits per heavy atom. The minimum Gasteiger partial charge on any atom is -0.349 e. The summed E-state index contributed by atoms with van der Waals surface area (Å²) in [5, 5.41) is 3.23. The average Bonchev–Trinajstić information content (AvgIpc) is 2.94. The third kappa shape index (κ3) is 2.05. The number of aryl methyl sites for hydroxylation is 2. The van der Waals surface area contributed by atoms with Crippen LogP contribution in [0.15, 0.2) is 18.2 Å². The summed E-state index contributed by atoms with van der Waals surface area (Å²) in [6.45, 7) is 4.14. The summed E-state index contributed by atoms with van der Waals surface area (Å²) in [7, 11) is 0. The molecule has 2 heteroatoms. The van der Waals surface area contributed by atoms with Gasteiger partial charge in [-0.25, -0.2) is 0 Å². The van der Waals surface area contributed by atoms with Crippen molar-refractivity contribution >= 4 is 5.91 Å². The number of amides is 1. The molecule has 0 heterocycles. The standard InChI is InChI=1S/C16H21NO/c1-10-3-5-14(7-11(10)2)16(18)17-15-9-12-4-6-13(15)8-12/h3,5,7,12-13,15H,4,6,8-9H2,1-2H3,(H,17,18). The van der Waals surface area contributed by atoms with Gasteiger partial charge in [0.2, 0.25) is 0 Å². The van der Waals surface area contributed by atoms with Crippen LogP contribution in [0, 0.1) is 25.7 Å². The van der Waals surface area contributed by atoms with Gasteiger partial charge in [-0.15, -0.1) is 0 Å². The van der Waals surface area contributed by atoms with Gasteiger partial charge < -0.3 is 5.32 Å². The monoisotopic (exact) mass is 243 g/mol. The quantitative estimate of drug-likeness (QED) is 0.849. The zero-order chi connectivity index (χ0) is 12.7. The molecule has 2 bridgehead atoms. The maximum absolute atomic E-state index is 12.2. The van der Waals surface area contributed by atoms with Crippen molar-refractivity contribution < 1.29 is 4.79 Å². The number of rotatable bonds is 2. The Morgan fingerprint density at radius 1 is 1.17 bits per heavy atom. The van der Waals surface area contributed by atoms with E-state index in [0.717, 1.165) is 17.4 Å². The predicted octanol–water partition coefficient (Wildman–Crippen LogP) is 3.22. The molecule has 0 spiro atoms. The van der Waals surface area contributed by atoms with E-state index in [1.54, 1.807) is 0 Å². The van der Waals surface area contributed by atoms with Gasteiger partial charge in [-0.05, 0) is 68.2 Å². The van der Waals surface area contributed by atoms with Gasteiger partial charge in [-0.1, -0.05) is 12.5 Å². The van der Waals surface area contributed by atoms with Crippen molar-refractivity contribution in [2.75, 3.05) is 0 Å². The molecule has 2 aliphatic rings. The van der Waals surface area contributed by atoms with Crippen molar-refractivity contribution in [3.63, 3.8) is 0 Å². The van der Waals surface area contributed by atoms with Gasteiger partial charge in [-0.3, -0.25) is 4.79 Å². The second-order valence-corrected chi connectivity index (χ2v) is 6.05. The summed E-state index contributed by atoms with van der Waals surface area (Å²) in [4.78, 5) is 12.2. The van der Waals surface area contributed by atoms with Crippen molar-refractivity contribution in [1.82, 2.24) is 5.32 Å². The summed E-state index contributed by atoms with van der Waals surface area (Å²) >= 11 is 0. The normalized spacial score (nSPS) is 29.6. The highest BCUT2D eigenvalue weighted by Crippen LogP contribution is 2.44. The van der Waals surface area contributed by atoms with Crippen molar-refractivity contribution in [3.8, 4) is 0 Å². The topological polar surface area (TPSA) is 29.1 Å². The van der Waals surface area contributed by atoms with Crippen LogP contribution in [0.25, 0.3) is 0 Å². The van der Waals surface area contributed by atoms with Gasteiger partial charge in [0.25, 0.3) is 5.91 Å². The molecule has 0 aromatic heterocycles. The Morgan fingerprint density at radius 2 is 2.00 bits per heavy atom. The zero-order valence-electron chi connectivity index (χ0n) is 11.2. The Hall–Kier alpha value is -1.31. The molecular formula is C16H21NO. The van der Waals surface area contributed by atoms with Crippen LogP contribution < -0.4 is 5.32 Å². The molecule has 0 radical (unpaired) electrons. The van der Waals surface area contributed by atoms with Crippen molar-refractivity contribution in [2.24, 2.45) is 11.8 Å². The Kier molecular flexibility index (Phi) is 2.89. The Bertz CT molecular complexity index is 480. The van der Waals surface area contributed by atoms with Crippen LogP contribution in [-0.2, 0) is 0 Å². The van der Waals surface area contributed by atoms with Gasteiger partial charge in [0.15, 0.2) is 0 Å². The van der Waals surface area contributed by atoms with Crippen LogP contribution in [0.3, 0.4) is 0 Å². The van der Waals surface area contributed by atoms with Crippen LogP contribution in [0.5, 0.6) is 0 Å². The first-order valence-electron chi connectivity index (χ1n) is 7.01. The van der Waals surface area contributed by atoms with E-state index in [1.807, 2.05) is 18.2 Å². The van der Waals surface area contributed by atoms with E-state index < -0.39 is 0 Å². The number of carbonyl (C=O) groups excluding carboxylic acids is 1. The molecule has 1 aromatic carbocycles. The summed E-state index contributed by atoms with van der Waals surface area (Å²) in [5.41, 5.74) is 3.24. The van der Waals surface area contributed by atoms with E-state index >= 15 is 0 Å². The van der Waals surface area contributed by atoms with E-state index in [4.69, 9.17) is 0 Å². The molecule has 2 aliphatic carbocycles. The molecule has 2 nitrogen and oxygen atoms in total. The minimum absolute atomic E-state index is 0.107. The van der Waals surface area contributed by atoms with Gasteiger partial charge in [0.1, 0.15) is 0 Å². The van der Waals surface area contributed by atoms with E-state index in [-0.39, 0.29) is 5.91 Å². The minimum atomic E-state index is 0.107. The van der Waals surface area contributed by atoms with Crippen molar-refractivity contribution in [2.45, 2.75) is 45.6 Å². The largest absolute Gasteiger partial charge is 0.349 e. The number of benzene rings is 1. The number of hydrogen-bond donors (Lipinski definition) is 1. The SMILES string of the molecule is Cc1ccc(C(=O)NC2CC3CCC2C3)cc1C. The summed E-state index contributed by atoms with van der Waals surface area (Å²) in [5.74, 6) is 1.72. The first-order valence-corrected chi connectivity index (χ1v) is 7.01. The lowest BCUT2D eigenvalue weighted by molar-refractivity contribution is 0.0923. The van der Waals surface area contributed by atoms with Crippen LogP contribution in [0.1, 0.15) is 47.2 Å². The Labute approximate surface area is 109 Å². The first kappa shape index (κ1) is 11.8. The molecule has 0 aliphatic heterocycles. The molecule has 2 saturated carbocycles. The number of fused-ring (bicyclic) bond motifs is 2. The fraction of sp³-hybridized carbons (Fsp3) is 0.562. The van der Waals surface area contributed by atoms with Gasteiger partial charge in [0.05, 0.1) is 0 Å². The second-order valence-electron chi connectivity index (χ2n) is 6.05. The highest BCUT2D eigenvalue weighted by molar-refractivity contribution is 5.94. The zero-order valence-corrected chi connectivity index (χ0v) is 11.2. The fourth-order valence-electron chi connectivity index (χ4n) is 3.56. The van der Waals surface area contributed by atoms with Gasteiger partial charge >= 0.3 is 0 Å². The second kappa shape index (κ2) is 4.42. The lowest BCUT2D eigenvalue weighted by atomic mass is 9.95. The third-order valence-corrected chi connectivity index (χ3v) is 4.82. The molecule has 3 rings (SSSR count). The first-order chi connectivity index (χ1) is 8.63. The average molecular weight is 243 g/mol. The maximum Gasteiger partial charge on any atom is 0.251 e. The predicted molar refractivity (Wildman–Crippen MR) is 72.6 cm³/mol. The molecule has 1 amide bonds. The highest BCUT2D eigenvalue weighted by Gasteiger charge is 2.40. The molecular weight excluding hydrogens is 222 g/mol. The van der Waals surface area contributed by atoms with Gasteiger partial charge in [-0.2, -0.15) is 0 Å². The van der Waals surface area contributed by atoms with E-state index in [2.05, 4.69) is 19.2 Å². The lowest BCUT2D eigenvalue weighted by Crippen LogP contribution is -2.38. The number of carbonyl (C=O) groups is 1. The molecule has 3 unspecified atom stereocenters. The van der Waals surface area contributed by atoms with Crippen LogP contribution in [0.4, 0.5) is 0 Å². The van der Waals surface area contributed by atoms with E-state index in [1.165, 1.54) is 36.8 Å². The molecule has 1 N–H and O–H groups in total. The molecule has 18 heavy (non-hydrogen) atoms. The third-order valence-electron chi connectivity index (χ3n) is 4.82. The lowest BCUT2D eigenvalue weighted by Gasteiger charge is -2.23. The fourth-order valence-corrected chi connectivity index (χ4v) is 3.56. The summed E-state index contributed by atoms with van der Waals surface area (Å²) in [6.07, 6.45) is 5.21. The molecule has 0 saturated heterocycles. The molecule has 96 valence electrons. The molecule has 1 aromatic rings. The van der Waals surface area contributed by atoms with Crippen LogP contribution in [-0.4, -0.2) is 11.9 Å². The van der Waals surface area contributed by atoms with Crippen molar-refractivity contribution in [1.29, 1.82) is 0 Å². The summed E-state index contributed by atoms with van der Waals surface area (Å²) < 4.78 is 0.